The average Bonchev–Trinajstić information content (AvgIpc) is 2.94. The lowest BCUT2D eigenvalue weighted by atomic mass is 10.2. The van der Waals surface area contributed by atoms with E-state index in [0.29, 0.717) is 34.3 Å². The lowest BCUT2D eigenvalue weighted by molar-refractivity contribution is 0.102. The second-order valence-electron chi connectivity index (χ2n) is 8.79. The molecule has 1 aliphatic heterocycles. The summed E-state index contributed by atoms with van der Waals surface area (Å²) in [6, 6.07) is 16.6. The predicted molar refractivity (Wildman–Crippen MR) is 143 cm³/mol. The Labute approximate surface area is 219 Å². The minimum atomic E-state index is -0.435. The molecule has 1 amide bonds. The predicted octanol–water partition coefficient (Wildman–Crippen LogP) is 3.83. The van der Waals surface area contributed by atoms with Crippen molar-refractivity contribution in [1.82, 2.24) is 24.8 Å². The summed E-state index contributed by atoms with van der Waals surface area (Å²) in [6.45, 7) is 3.17. The number of likely N-dealkylation sites (N-methyl/N-ethyl adjacent to an activating group) is 1. The summed E-state index contributed by atoms with van der Waals surface area (Å²) < 4.78 is 19.6. The molecule has 3 heterocycles. The third-order valence-corrected chi connectivity index (χ3v) is 6.11. The van der Waals surface area contributed by atoms with Gasteiger partial charge in [0.15, 0.2) is 5.82 Å². The lowest BCUT2D eigenvalue weighted by Crippen LogP contribution is -2.45. The van der Waals surface area contributed by atoms with E-state index in [4.69, 9.17) is 4.74 Å². The van der Waals surface area contributed by atoms with E-state index in [9.17, 15) is 9.18 Å². The van der Waals surface area contributed by atoms with Gasteiger partial charge < -0.3 is 25.2 Å². The molecule has 1 fully saturated rings. The van der Waals surface area contributed by atoms with Crippen molar-refractivity contribution in [2.75, 3.05) is 55.9 Å². The van der Waals surface area contributed by atoms with E-state index in [1.165, 1.54) is 31.5 Å². The normalized spacial score (nSPS) is 13.7. The van der Waals surface area contributed by atoms with Gasteiger partial charge in [0.1, 0.15) is 17.4 Å². The first kappa shape index (κ1) is 25.0. The summed E-state index contributed by atoms with van der Waals surface area (Å²) in [5, 5.41) is 5.95. The number of hydrogen-bond acceptors (Lipinski definition) is 9. The highest BCUT2D eigenvalue weighted by atomic mass is 19.1. The highest BCUT2D eigenvalue weighted by Crippen LogP contribution is 2.30. The van der Waals surface area contributed by atoms with Crippen LogP contribution in [0.25, 0.3) is 11.4 Å². The molecule has 0 spiro atoms. The zero-order chi connectivity index (χ0) is 26.5. The van der Waals surface area contributed by atoms with E-state index < -0.39 is 5.82 Å². The number of pyridine rings is 1. The standard InChI is InChI=1S/C27H27FN8O2/c1-35-12-14-36(15-13-35)27-33-24(21-17-19(28)8-9-22(21)38-2)32-26(34-27)31-23-16-18(10-11-29-23)25(37)30-20-6-4-3-5-7-20/h3-11,16-17H,12-15H2,1-2H3,(H,30,37)(H,29,31,32,33,34). The molecule has 11 heteroatoms. The molecule has 0 unspecified atom stereocenters. The number of ether oxygens (including phenoxy) is 1. The number of rotatable bonds is 7. The van der Waals surface area contributed by atoms with Crippen LogP contribution in [0.5, 0.6) is 5.75 Å². The Morgan fingerprint density at radius 1 is 0.974 bits per heavy atom. The summed E-state index contributed by atoms with van der Waals surface area (Å²) >= 11 is 0. The Kier molecular flexibility index (Phi) is 7.36. The molecule has 2 aromatic carbocycles. The largest absolute Gasteiger partial charge is 0.496 e. The number of anilines is 4. The van der Waals surface area contributed by atoms with Gasteiger partial charge in [-0.2, -0.15) is 15.0 Å². The molecule has 0 bridgehead atoms. The SMILES string of the molecule is COc1ccc(F)cc1-c1nc(Nc2cc(C(=O)Nc3ccccc3)ccn2)nc(N2CCN(C)CC2)n1. The summed E-state index contributed by atoms with van der Waals surface area (Å²) in [5.74, 6) is 1.02. The number of halogens is 1. The van der Waals surface area contributed by atoms with Crippen molar-refractivity contribution >= 4 is 29.3 Å². The molecular weight excluding hydrogens is 487 g/mol. The van der Waals surface area contributed by atoms with Gasteiger partial charge in [-0.3, -0.25) is 4.79 Å². The van der Waals surface area contributed by atoms with Crippen LogP contribution in [0.15, 0.2) is 66.9 Å². The number of nitrogens with zero attached hydrogens (tertiary/aromatic N) is 6. The van der Waals surface area contributed by atoms with E-state index in [1.54, 1.807) is 12.1 Å². The third kappa shape index (κ3) is 5.84. The van der Waals surface area contributed by atoms with Crippen molar-refractivity contribution in [2.24, 2.45) is 0 Å². The van der Waals surface area contributed by atoms with Gasteiger partial charge in [0.25, 0.3) is 5.91 Å². The van der Waals surface area contributed by atoms with Crippen molar-refractivity contribution in [3.63, 3.8) is 0 Å². The number of methoxy groups -OCH3 is 1. The molecule has 0 aliphatic carbocycles. The zero-order valence-corrected chi connectivity index (χ0v) is 21.1. The van der Waals surface area contributed by atoms with Crippen molar-refractivity contribution in [2.45, 2.75) is 0 Å². The smallest absolute Gasteiger partial charge is 0.255 e. The van der Waals surface area contributed by atoms with Crippen LogP contribution in [0.3, 0.4) is 0 Å². The summed E-state index contributed by atoms with van der Waals surface area (Å²) in [5.41, 5.74) is 1.50. The van der Waals surface area contributed by atoms with Gasteiger partial charge >= 0.3 is 0 Å². The number of hydrogen-bond donors (Lipinski definition) is 2. The molecule has 5 rings (SSSR count). The molecule has 0 radical (unpaired) electrons. The van der Waals surface area contributed by atoms with E-state index in [2.05, 4.69) is 47.4 Å². The molecule has 38 heavy (non-hydrogen) atoms. The minimum absolute atomic E-state index is 0.211. The molecule has 10 nitrogen and oxygen atoms in total. The number of piperazine rings is 1. The number of para-hydroxylation sites is 1. The van der Waals surface area contributed by atoms with Crippen LogP contribution in [-0.2, 0) is 0 Å². The highest BCUT2D eigenvalue weighted by Gasteiger charge is 2.21. The Balaban J connectivity index is 1.47. The van der Waals surface area contributed by atoms with Crippen molar-refractivity contribution in [1.29, 1.82) is 0 Å². The first-order chi connectivity index (χ1) is 18.5. The van der Waals surface area contributed by atoms with Crippen LogP contribution >= 0.6 is 0 Å². The Bertz CT molecular complexity index is 1430. The second-order valence-corrected chi connectivity index (χ2v) is 8.79. The monoisotopic (exact) mass is 514 g/mol. The number of carbonyl (C=O) groups is 1. The van der Waals surface area contributed by atoms with Crippen molar-refractivity contribution in [3.05, 3.63) is 78.2 Å². The van der Waals surface area contributed by atoms with Crippen molar-refractivity contribution < 1.29 is 13.9 Å². The first-order valence-electron chi connectivity index (χ1n) is 12.1. The molecule has 1 saturated heterocycles. The van der Waals surface area contributed by atoms with Gasteiger partial charge in [-0.1, -0.05) is 18.2 Å². The van der Waals surface area contributed by atoms with Gasteiger partial charge in [0.05, 0.1) is 12.7 Å². The Morgan fingerprint density at radius 2 is 1.76 bits per heavy atom. The van der Waals surface area contributed by atoms with Crippen LogP contribution in [0.2, 0.25) is 0 Å². The topological polar surface area (TPSA) is 108 Å². The number of aromatic nitrogens is 4. The van der Waals surface area contributed by atoms with E-state index in [1.807, 2.05) is 30.3 Å². The number of amides is 1. The maximum atomic E-state index is 14.2. The molecule has 1 aliphatic rings. The Morgan fingerprint density at radius 3 is 2.53 bits per heavy atom. The zero-order valence-electron chi connectivity index (χ0n) is 21.1. The molecule has 0 atom stereocenters. The van der Waals surface area contributed by atoms with Gasteiger partial charge in [0.2, 0.25) is 11.9 Å². The van der Waals surface area contributed by atoms with Gasteiger partial charge in [-0.15, -0.1) is 0 Å². The van der Waals surface area contributed by atoms with Gasteiger partial charge in [-0.25, -0.2) is 9.37 Å². The fourth-order valence-corrected chi connectivity index (χ4v) is 4.02. The fraction of sp³-hybridized carbons (Fsp3) is 0.222. The molecule has 194 valence electrons. The number of benzene rings is 2. The maximum absolute atomic E-state index is 14.2. The number of carbonyl (C=O) groups excluding carboxylic acids is 1. The van der Waals surface area contributed by atoms with Gasteiger partial charge in [0, 0.05) is 43.6 Å². The maximum Gasteiger partial charge on any atom is 0.255 e. The van der Waals surface area contributed by atoms with Crippen LogP contribution in [0.4, 0.5) is 27.8 Å². The van der Waals surface area contributed by atoms with Gasteiger partial charge in [-0.05, 0) is 49.5 Å². The molecular formula is C27H27FN8O2. The van der Waals surface area contributed by atoms with E-state index >= 15 is 0 Å². The van der Waals surface area contributed by atoms with Crippen LogP contribution in [0, 0.1) is 5.82 Å². The van der Waals surface area contributed by atoms with Crippen molar-refractivity contribution in [3.8, 4) is 17.1 Å². The third-order valence-electron chi connectivity index (χ3n) is 6.11. The highest BCUT2D eigenvalue weighted by molar-refractivity contribution is 6.04. The van der Waals surface area contributed by atoms with Crippen LogP contribution < -0.4 is 20.3 Å². The average molecular weight is 515 g/mol. The molecule has 2 aromatic heterocycles. The Hall–Kier alpha value is -4.64. The summed E-state index contributed by atoms with van der Waals surface area (Å²) in [6.07, 6.45) is 1.53. The summed E-state index contributed by atoms with van der Waals surface area (Å²) in [4.78, 5) is 35.2. The summed E-state index contributed by atoms with van der Waals surface area (Å²) in [7, 11) is 3.57. The minimum Gasteiger partial charge on any atom is -0.496 e. The molecule has 0 saturated carbocycles. The van der Waals surface area contributed by atoms with E-state index in [0.717, 1.165) is 26.2 Å². The number of nitrogens with one attached hydrogen (secondary N) is 2. The van der Waals surface area contributed by atoms with Crippen LogP contribution in [0.1, 0.15) is 10.4 Å². The lowest BCUT2D eigenvalue weighted by Gasteiger charge is -2.32. The fourth-order valence-electron chi connectivity index (χ4n) is 4.02. The quantitative estimate of drug-likeness (QED) is 0.380. The molecule has 4 aromatic rings. The second kappa shape index (κ2) is 11.2. The van der Waals surface area contributed by atoms with Crippen LogP contribution in [-0.4, -0.2) is 71.1 Å². The van der Waals surface area contributed by atoms with E-state index in [-0.39, 0.29) is 17.7 Å². The molecule has 2 N–H and O–H groups in total. The first-order valence-corrected chi connectivity index (χ1v) is 12.1.